The van der Waals surface area contributed by atoms with Crippen molar-refractivity contribution in [2.24, 2.45) is 9.98 Å². The van der Waals surface area contributed by atoms with Crippen LogP contribution in [0, 0.1) is 22.7 Å². The second kappa shape index (κ2) is 11.7. The van der Waals surface area contributed by atoms with Crippen molar-refractivity contribution in [1.29, 1.82) is 10.5 Å². The second-order valence-corrected chi connectivity index (χ2v) is 19.1. The van der Waals surface area contributed by atoms with Crippen LogP contribution in [-0.2, 0) is 20.8 Å². The van der Waals surface area contributed by atoms with Gasteiger partial charge in [-0.15, -0.1) is 45.3 Å². The highest BCUT2D eigenvalue weighted by molar-refractivity contribution is 8.35. The average Bonchev–Trinajstić information content (AvgIpc) is 3.88. The second-order valence-electron chi connectivity index (χ2n) is 12.4. The minimum absolute atomic E-state index is 0.112. The van der Waals surface area contributed by atoms with Gasteiger partial charge in [-0.2, -0.15) is 10.5 Å². The summed E-state index contributed by atoms with van der Waals surface area (Å²) in [5.74, 6) is 0.935. The zero-order valence-corrected chi connectivity index (χ0v) is 33.0. The number of rotatable bonds is 4. The third-order valence-electron chi connectivity index (χ3n) is 8.43. The lowest BCUT2D eigenvalue weighted by Crippen LogP contribution is -2.29. The molecule has 252 valence electrons. The lowest BCUT2D eigenvalue weighted by molar-refractivity contribution is -0.121. The van der Waals surface area contributed by atoms with Crippen molar-refractivity contribution >= 4 is 127 Å². The number of nitrogens with zero attached hydrogens (tertiary/aromatic N) is 6. The first kappa shape index (κ1) is 33.6. The molecule has 4 aromatic heterocycles. The Balaban J connectivity index is 1.21. The fourth-order valence-corrected chi connectivity index (χ4v) is 14.4. The van der Waals surface area contributed by atoms with Gasteiger partial charge in [0.25, 0.3) is 11.8 Å². The Morgan fingerprint density at radius 3 is 1.66 bits per heavy atom. The highest BCUT2D eigenvalue weighted by atomic mass is 32.2. The maximum atomic E-state index is 13.2. The lowest BCUT2D eigenvalue weighted by Gasteiger charge is -2.31. The number of nitriles is 2. The Labute approximate surface area is 316 Å². The fraction of sp³-hybridized carbons (Fsp3) is 0.303. The molecule has 0 N–H and O–H groups in total. The molecular formula is C33H24N6O4S7. The van der Waals surface area contributed by atoms with E-state index in [2.05, 4.69) is 27.7 Å². The standard InChI is InChI=1S/C33H24N6O4S7/c1-7-38-28(40)26(49-30(38)13(11-34)12-35)36-16-9-14-20(45-16)22-18(32(3,4)42-14)24-25(47-22)19-23(48-24)21-15(43-33(19,5)6)10-17(46-21)37-27-29(41)39(8-2)31(44)50-27/h9-10H,7-8H2,1-6H3. The van der Waals surface area contributed by atoms with Crippen LogP contribution in [0.4, 0.5) is 10.0 Å². The van der Waals surface area contributed by atoms with Crippen LogP contribution in [0.5, 0.6) is 11.5 Å². The molecule has 0 saturated carbocycles. The molecule has 2 amide bonds. The minimum Gasteiger partial charge on any atom is -0.481 e. The predicted molar refractivity (Wildman–Crippen MR) is 209 cm³/mol. The van der Waals surface area contributed by atoms with Crippen LogP contribution < -0.4 is 9.47 Å². The van der Waals surface area contributed by atoms with Crippen LogP contribution in [-0.4, -0.2) is 49.1 Å². The van der Waals surface area contributed by atoms with E-state index in [0.29, 0.717) is 43.2 Å². The summed E-state index contributed by atoms with van der Waals surface area (Å²) in [6.45, 7) is 12.8. The summed E-state index contributed by atoms with van der Waals surface area (Å²) in [6.07, 6.45) is 0. The number of thioether (sulfide) groups is 2. The molecule has 10 nitrogen and oxygen atoms in total. The van der Waals surface area contributed by atoms with Crippen molar-refractivity contribution in [3.05, 3.63) is 33.9 Å². The summed E-state index contributed by atoms with van der Waals surface area (Å²) in [7, 11) is 0. The predicted octanol–water partition coefficient (Wildman–Crippen LogP) is 9.47. The quantitative estimate of drug-likeness (QED) is 0.146. The highest BCUT2D eigenvalue weighted by Crippen LogP contribution is 2.63. The van der Waals surface area contributed by atoms with Crippen molar-refractivity contribution in [1.82, 2.24) is 9.80 Å². The molecule has 0 aliphatic carbocycles. The number of aliphatic imine (C=N–C) groups is 2. The molecule has 4 aliphatic heterocycles. The normalized spacial score (nSPS) is 20.1. The molecule has 50 heavy (non-hydrogen) atoms. The van der Waals surface area contributed by atoms with Crippen molar-refractivity contribution < 1.29 is 19.1 Å². The minimum atomic E-state index is -0.662. The maximum absolute atomic E-state index is 13.2. The number of hydrogen-bond acceptors (Lipinski definition) is 15. The van der Waals surface area contributed by atoms with Crippen LogP contribution in [0.3, 0.4) is 0 Å². The van der Waals surface area contributed by atoms with E-state index in [-0.39, 0.29) is 22.4 Å². The summed E-state index contributed by atoms with van der Waals surface area (Å²) in [5, 5.41) is 21.0. The molecule has 0 spiro atoms. The Morgan fingerprint density at radius 1 is 0.760 bits per heavy atom. The number of carbonyl (C=O) groups excluding carboxylic acids is 2. The van der Waals surface area contributed by atoms with Crippen LogP contribution >= 0.6 is 81.1 Å². The molecule has 0 unspecified atom stereocenters. The van der Waals surface area contributed by atoms with Gasteiger partial charge in [0, 0.05) is 36.3 Å². The fourth-order valence-electron chi connectivity index (χ4n) is 6.29. The van der Waals surface area contributed by atoms with Crippen LogP contribution in [0.1, 0.15) is 52.7 Å². The van der Waals surface area contributed by atoms with Gasteiger partial charge in [0.15, 0.2) is 15.7 Å². The van der Waals surface area contributed by atoms with Crippen molar-refractivity contribution in [3.8, 4) is 43.1 Å². The zero-order valence-electron chi connectivity index (χ0n) is 27.2. The SMILES string of the molecule is CCN1C(=O)C(=Nc2cc3c(s2)-c2sc4c5c(sc4c2C(C)(C)O3)-c2sc(N=C3SC(=C(C#N)C#N)N(CC)C3=O)cc2OC5(C)C)SC1=S. The smallest absolute Gasteiger partial charge is 0.285 e. The van der Waals surface area contributed by atoms with Gasteiger partial charge >= 0.3 is 0 Å². The summed E-state index contributed by atoms with van der Waals surface area (Å²) in [6, 6.07) is 7.55. The summed E-state index contributed by atoms with van der Waals surface area (Å²) >= 11 is 14.0. The van der Waals surface area contributed by atoms with Crippen LogP contribution in [0.25, 0.3) is 28.9 Å². The molecule has 0 atom stereocenters. The average molecular weight is 793 g/mol. The lowest BCUT2D eigenvalue weighted by atomic mass is 9.92. The van der Waals surface area contributed by atoms with Gasteiger partial charge in [-0.25, -0.2) is 9.98 Å². The topological polar surface area (TPSA) is 131 Å². The largest absolute Gasteiger partial charge is 0.481 e. The van der Waals surface area contributed by atoms with Gasteiger partial charge in [0.2, 0.25) is 0 Å². The summed E-state index contributed by atoms with van der Waals surface area (Å²) in [5.41, 5.74) is 0.801. The van der Waals surface area contributed by atoms with Gasteiger partial charge in [-0.1, -0.05) is 12.2 Å². The van der Waals surface area contributed by atoms with Gasteiger partial charge in [-0.3, -0.25) is 19.4 Å². The summed E-state index contributed by atoms with van der Waals surface area (Å²) in [4.78, 5) is 42.6. The van der Waals surface area contributed by atoms with Gasteiger partial charge in [-0.05, 0) is 65.1 Å². The number of fused-ring (bicyclic) bond motifs is 9. The van der Waals surface area contributed by atoms with E-state index in [4.69, 9.17) is 31.7 Å². The van der Waals surface area contributed by atoms with E-state index in [1.165, 1.54) is 39.3 Å². The van der Waals surface area contributed by atoms with E-state index in [0.717, 1.165) is 57.5 Å². The Hall–Kier alpha value is -3.55. The van der Waals surface area contributed by atoms with E-state index in [1.54, 1.807) is 34.5 Å². The monoisotopic (exact) mass is 792 g/mol. The number of ether oxygens (including phenoxy) is 2. The number of allylic oxidation sites excluding steroid dienone is 1. The number of hydrogen-bond donors (Lipinski definition) is 0. The molecule has 17 heteroatoms. The van der Waals surface area contributed by atoms with Crippen molar-refractivity contribution in [2.75, 3.05) is 13.1 Å². The van der Waals surface area contributed by atoms with Gasteiger partial charge < -0.3 is 9.47 Å². The molecular weight excluding hydrogens is 769 g/mol. The molecule has 2 saturated heterocycles. The van der Waals surface area contributed by atoms with Crippen LogP contribution in [0.15, 0.2) is 32.7 Å². The Bertz CT molecular complexity index is 2410. The third-order valence-corrected chi connectivity index (χ3v) is 15.7. The number of carbonyl (C=O) groups is 2. The first-order chi connectivity index (χ1) is 23.8. The van der Waals surface area contributed by atoms with E-state index in [1.807, 2.05) is 31.2 Å². The summed E-state index contributed by atoms with van der Waals surface area (Å²) < 4.78 is 16.1. The molecule has 0 radical (unpaired) electrons. The van der Waals surface area contributed by atoms with Crippen molar-refractivity contribution in [3.63, 3.8) is 0 Å². The molecule has 4 aromatic rings. The molecule has 2 fully saturated rings. The maximum Gasteiger partial charge on any atom is 0.285 e. The Kier molecular flexibility index (Phi) is 7.89. The number of amides is 2. The van der Waals surface area contributed by atoms with E-state index in [9.17, 15) is 20.1 Å². The third kappa shape index (κ3) is 4.93. The zero-order chi connectivity index (χ0) is 35.4. The highest BCUT2D eigenvalue weighted by Gasteiger charge is 2.44. The number of thiophene rings is 4. The van der Waals surface area contributed by atoms with Crippen LogP contribution in [0.2, 0.25) is 0 Å². The van der Waals surface area contributed by atoms with E-state index < -0.39 is 11.2 Å². The van der Waals surface area contributed by atoms with E-state index >= 15 is 0 Å². The van der Waals surface area contributed by atoms with Gasteiger partial charge in [0.05, 0.1) is 28.9 Å². The molecule has 8 rings (SSSR count). The Morgan fingerprint density at radius 2 is 1.22 bits per heavy atom. The first-order valence-electron chi connectivity index (χ1n) is 15.3. The van der Waals surface area contributed by atoms with Gasteiger partial charge in [0.1, 0.15) is 54.2 Å². The first-order valence-corrected chi connectivity index (χ1v) is 20.6. The molecule has 0 aromatic carbocycles. The molecule has 4 aliphatic rings. The number of thiocarbonyl (C=S) groups is 1. The molecule has 8 heterocycles. The molecule has 0 bridgehead atoms. The van der Waals surface area contributed by atoms with Crippen molar-refractivity contribution in [2.45, 2.75) is 52.7 Å².